The number of aromatic nitrogens is 1. The van der Waals surface area contributed by atoms with E-state index in [1.807, 2.05) is 17.0 Å². The van der Waals surface area contributed by atoms with Crippen molar-refractivity contribution in [3.05, 3.63) is 22.7 Å². The van der Waals surface area contributed by atoms with Crippen molar-refractivity contribution < 1.29 is 9.59 Å². The third-order valence-electron chi connectivity index (χ3n) is 5.38. The maximum absolute atomic E-state index is 12.7. The number of nitrogens with one attached hydrogen (secondary N) is 1. The van der Waals surface area contributed by atoms with Gasteiger partial charge in [-0.25, -0.2) is 4.98 Å². The van der Waals surface area contributed by atoms with Crippen molar-refractivity contribution >= 4 is 39.1 Å². The van der Waals surface area contributed by atoms with E-state index in [0.717, 1.165) is 35.3 Å². The molecule has 6 nitrogen and oxygen atoms in total. The highest BCUT2D eigenvalue weighted by atomic mass is 32.1. The number of thiophene rings is 1. The first-order chi connectivity index (χ1) is 13.0. The highest BCUT2D eigenvalue weighted by Gasteiger charge is 2.36. The minimum atomic E-state index is -0.202. The summed E-state index contributed by atoms with van der Waals surface area (Å²) in [6.45, 7) is 9.93. The van der Waals surface area contributed by atoms with Crippen molar-refractivity contribution in [2.75, 3.05) is 25.9 Å². The summed E-state index contributed by atoms with van der Waals surface area (Å²) in [6.07, 6.45) is 2.49. The third kappa shape index (κ3) is 3.99. The van der Waals surface area contributed by atoms with Crippen LogP contribution in [0.3, 0.4) is 0 Å². The van der Waals surface area contributed by atoms with Gasteiger partial charge in [0, 0.05) is 43.1 Å². The number of nitrogens with zero attached hydrogens (tertiary/aromatic N) is 2. The van der Waals surface area contributed by atoms with Crippen molar-refractivity contribution in [3.63, 3.8) is 0 Å². The molecule has 0 spiro atoms. The number of anilines is 1. The highest BCUT2D eigenvalue weighted by molar-refractivity contribution is 7.21. The zero-order valence-corrected chi connectivity index (χ0v) is 18.2. The van der Waals surface area contributed by atoms with Crippen LogP contribution in [0.15, 0.2) is 12.1 Å². The third-order valence-corrected chi connectivity index (χ3v) is 6.49. The standard InChI is InChI=1S/C21H30N4O2S/c1-20(2,3)11-15(26)25-10-6-9-21(4,12-25)14-8-7-13-16(22)17(18(27)23-5)28-19(13)24-14/h7-8H,6,9-12,22H2,1-5H3,(H,23,27)/t21-/m0/s1. The van der Waals surface area contributed by atoms with Gasteiger partial charge in [0.15, 0.2) is 0 Å². The SMILES string of the molecule is CNC(=O)c1sc2nc([C@@]3(C)CCCN(C(=O)CC(C)(C)C)C3)ccc2c1N. The summed E-state index contributed by atoms with van der Waals surface area (Å²) in [4.78, 5) is 32.9. The van der Waals surface area contributed by atoms with E-state index in [9.17, 15) is 9.59 Å². The fourth-order valence-electron chi connectivity index (χ4n) is 3.84. The maximum Gasteiger partial charge on any atom is 0.263 e. The number of nitrogen functional groups attached to an aromatic ring is 1. The Labute approximate surface area is 170 Å². The number of pyridine rings is 1. The molecule has 0 bridgehead atoms. The second-order valence-corrected chi connectivity index (χ2v) is 10.2. The number of hydrogen-bond acceptors (Lipinski definition) is 5. The quantitative estimate of drug-likeness (QED) is 0.822. The van der Waals surface area contributed by atoms with Gasteiger partial charge in [-0.05, 0) is 30.4 Å². The summed E-state index contributed by atoms with van der Waals surface area (Å²) < 4.78 is 0. The molecule has 3 rings (SSSR count). The molecule has 0 aromatic carbocycles. The van der Waals surface area contributed by atoms with E-state index in [1.54, 1.807) is 7.05 Å². The van der Waals surface area contributed by atoms with Gasteiger partial charge in [-0.3, -0.25) is 9.59 Å². The molecule has 1 aliphatic heterocycles. The van der Waals surface area contributed by atoms with E-state index in [4.69, 9.17) is 10.7 Å². The fourth-order valence-corrected chi connectivity index (χ4v) is 4.88. The molecule has 7 heteroatoms. The molecule has 2 aromatic rings. The lowest BCUT2D eigenvalue weighted by Gasteiger charge is -2.41. The summed E-state index contributed by atoms with van der Waals surface area (Å²) in [5.74, 6) is 0.0201. The van der Waals surface area contributed by atoms with Gasteiger partial charge in [-0.2, -0.15) is 0 Å². The zero-order valence-electron chi connectivity index (χ0n) is 17.4. The van der Waals surface area contributed by atoms with Crippen LogP contribution in [0.25, 0.3) is 10.2 Å². The molecule has 3 heterocycles. The lowest BCUT2D eigenvalue weighted by Crippen LogP contribution is -2.48. The van der Waals surface area contributed by atoms with Gasteiger partial charge in [0.05, 0.1) is 5.69 Å². The fraction of sp³-hybridized carbons (Fsp3) is 0.571. The summed E-state index contributed by atoms with van der Waals surface area (Å²) in [7, 11) is 1.59. The first-order valence-corrected chi connectivity index (χ1v) is 10.5. The van der Waals surface area contributed by atoms with Gasteiger partial charge in [0.1, 0.15) is 9.71 Å². The second kappa shape index (κ2) is 7.35. The van der Waals surface area contributed by atoms with Crippen molar-refractivity contribution in [3.8, 4) is 0 Å². The van der Waals surface area contributed by atoms with Gasteiger partial charge < -0.3 is 16.0 Å². The van der Waals surface area contributed by atoms with Crippen molar-refractivity contribution in [1.82, 2.24) is 15.2 Å². The van der Waals surface area contributed by atoms with E-state index < -0.39 is 0 Å². The summed E-state index contributed by atoms with van der Waals surface area (Å²) in [6, 6.07) is 3.95. The van der Waals surface area contributed by atoms with Crippen LogP contribution < -0.4 is 11.1 Å². The molecule has 3 N–H and O–H groups in total. The van der Waals surface area contributed by atoms with Crippen molar-refractivity contribution in [2.24, 2.45) is 5.41 Å². The van der Waals surface area contributed by atoms with E-state index in [2.05, 4.69) is 33.0 Å². The molecule has 1 atom stereocenters. The number of nitrogens with two attached hydrogens (primary N) is 1. The minimum absolute atomic E-state index is 0.0210. The molecule has 2 amide bonds. The Morgan fingerprint density at radius 1 is 1.36 bits per heavy atom. The molecule has 0 aliphatic carbocycles. The van der Waals surface area contributed by atoms with Crippen LogP contribution in [-0.4, -0.2) is 41.8 Å². The van der Waals surface area contributed by atoms with Crippen LogP contribution in [0.1, 0.15) is 62.3 Å². The summed E-state index contributed by atoms with van der Waals surface area (Å²) in [5, 5.41) is 3.44. The van der Waals surface area contributed by atoms with Crippen molar-refractivity contribution in [1.29, 1.82) is 0 Å². The molecule has 1 saturated heterocycles. The van der Waals surface area contributed by atoms with Crippen LogP contribution in [0.5, 0.6) is 0 Å². The molecule has 1 fully saturated rings. The number of piperidine rings is 1. The van der Waals surface area contributed by atoms with Gasteiger partial charge in [0.2, 0.25) is 5.91 Å². The molecule has 0 unspecified atom stereocenters. The van der Waals surface area contributed by atoms with E-state index in [0.29, 0.717) is 23.5 Å². The predicted molar refractivity (Wildman–Crippen MR) is 115 cm³/mol. The lowest BCUT2D eigenvalue weighted by atomic mass is 9.78. The number of carbonyl (C=O) groups excluding carboxylic acids is 2. The average molecular weight is 403 g/mol. The Morgan fingerprint density at radius 3 is 2.71 bits per heavy atom. The molecule has 0 radical (unpaired) electrons. The Balaban J connectivity index is 1.90. The normalized spacial score (nSPS) is 20.4. The minimum Gasteiger partial charge on any atom is -0.397 e. The number of fused-ring (bicyclic) bond motifs is 1. The number of rotatable bonds is 3. The summed E-state index contributed by atoms with van der Waals surface area (Å²) >= 11 is 1.32. The first-order valence-electron chi connectivity index (χ1n) is 9.73. The van der Waals surface area contributed by atoms with Gasteiger partial charge >= 0.3 is 0 Å². The molecule has 2 aromatic heterocycles. The zero-order chi connectivity index (χ0) is 20.7. The maximum atomic E-state index is 12.7. The first kappa shape index (κ1) is 20.6. The monoisotopic (exact) mass is 402 g/mol. The highest BCUT2D eigenvalue weighted by Crippen LogP contribution is 2.38. The van der Waals surface area contributed by atoms with Crippen LogP contribution in [0.2, 0.25) is 0 Å². The molecule has 28 heavy (non-hydrogen) atoms. The van der Waals surface area contributed by atoms with E-state index in [-0.39, 0.29) is 22.6 Å². The largest absolute Gasteiger partial charge is 0.397 e. The van der Waals surface area contributed by atoms with Crippen LogP contribution in [-0.2, 0) is 10.2 Å². The van der Waals surface area contributed by atoms with Gasteiger partial charge in [-0.1, -0.05) is 27.7 Å². The number of hydrogen-bond donors (Lipinski definition) is 2. The Morgan fingerprint density at radius 2 is 2.07 bits per heavy atom. The number of carbonyl (C=O) groups is 2. The van der Waals surface area contributed by atoms with E-state index in [1.165, 1.54) is 11.3 Å². The van der Waals surface area contributed by atoms with E-state index >= 15 is 0 Å². The number of amides is 2. The molecule has 0 saturated carbocycles. The Hall–Kier alpha value is -2.15. The van der Waals surface area contributed by atoms with Gasteiger partial charge in [0.25, 0.3) is 5.91 Å². The topological polar surface area (TPSA) is 88.3 Å². The van der Waals surface area contributed by atoms with Crippen LogP contribution >= 0.6 is 11.3 Å². The number of likely N-dealkylation sites (tertiary alicyclic amines) is 1. The molecular weight excluding hydrogens is 372 g/mol. The van der Waals surface area contributed by atoms with Gasteiger partial charge in [-0.15, -0.1) is 11.3 Å². The van der Waals surface area contributed by atoms with Crippen LogP contribution in [0, 0.1) is 5.41 Å². The predicted octanol–water partition coefficient (Wildman–Crippen LogP) is 3.55. The molecule has 152 valence electrons. The smallest absolute Gasteiger partial charge is 0.263 e. The Bertz CT molecular complexity index is 915. The molecule has 1 aliphatic rings. The van der Waals surface area contributed by atoms with Crippen molar-refractivity contribution in [2.45, 2.75) is 52.4 Å². The lowest BCUT2D eigenvalue weighted by molar-refractivity contribution is -0.135. The summed E-state index contributed by atoms with van der Waals surface area (Å²) in [5.41, 5.74) is 7.37. The second-order valence-electron chi connectivity index (χ2n) is 9.19. The average Bonchev–Trinajstić information content (AvgIpc) is 2.96. The Kier molecular flexibility index (Phi) is 5.40. The molecular formula is C21H30N4O2S. The van der Waals surface area contributed by atoms with Crippen LogP contribution in [0.4, 0.5) is 5.69 Å².